The highest BCUT2D eigenvalue weighted by Gasteiger charge is 2.26. The maximum Gasteiger partial charge on any atom is 0.256 e. The van der Waals surface area contributed by atoms with Crippen molar-refractivity contribution in [3.63, 3.8) is 0 Å². The number of ether oxygens (including phenoxy) is 2. The first kappa shape index (κ1) is 27.0. The summed E-state index contributed by atoms with van der Waals surface area (Å²) in [6.45, 7) is 4.51. The zero-order chi connectivity index (χ0) is 26.9. The van der Waals surface area contributed by atoms with Gasteiger partial charge in [-0.05, 0) is 69.4 Å². The molecular weight excluding hydrogens is 480 g/mol. The fourth-order valence-corrected chi connectivity index (χ4v) is 4.75. The first-order valence-electron chi connectivity index (χ1n) is 13.2. The van der Waals surface area contributed by atoms with E-state index in [9.17, 15) is 9.59 Å². The van der Waals surface area contributed by atoms with Gasteiger partial charge in [-0.15, -0.1) is 0 Å². The molecule has 1 aliphatic rings. The number of rotatable bonds is 11. The molecule has 0 aliphatic heterocycles. The van der Waals surface area contributed by atoms with Gasteiger partial charge < -0.3 is 14.8 Å². The summed E-state index contributed by atoms with van der Waals surface area (Å²) in [5.41, 5.74) is 5.76. The molecule has 0 spiro atoms. The molecule has 200 valence electrons. The van der Waals surface area contributed by atoms with Crippen LogP contribution >= 0.6 is 0 Å². The van der Waals surface area contributed by atoms with Gasteiger partial charge in [0, 0.05) is 35.9 Å². The Morgan fingerprint density at radius 2 is 1.87 bits per heavy atom. The number of fused-ring (bicyclic) bond motifs is 1. The van der Waals surface area contributed by atoms with E-state index in [-0.39, 0.29) is 23.6 Å². The third-order valence-corrected chi connectivity index (χ3v) is 6.86. The van der Waals surface area contributed by atoms with E-state index in [4.69, 9.17) is 9.47 Å². The van der Waals surface area contributed by atoms with Gasteiger partial charge in [-0.2, -0.15) is 0 Å². The molecule has 3 aromatic rings. The lowest BCUT2D eigenvalue weighted by Gasteiger charge is -2.31. The fraction of sp³-hybridized carbons (Fsp3) is 0.367. The Labute approximate surface area is 224 Å². The van der Waals surface area contributed by atoms with Crippen LogP contribution in [0, 0.1) is 0 Å². The van der Waals surface area contributed by atoms with Crippen molar-refractivity contribution in [1.29, 1.82) is 0 Å². The number of carbonyl (C=O) groups excluding carboxylic acids is 2. The number of methoxy groups -OCH3 is 1. The van der Waals surface area contributed by atoms with Gasteiger partial charge in [-0.25, -0.2) is 0 Å². The Kier molecular flexibility index (Phi) is 9.19. The number of pyridine rings is 1. The number of aldehydes is 1. The van der Waals surface area contributed by atoms with Crippen molar-refractivity contribution < 1.29 is 19.1 Å². The summed E-state index contributed by atoms with van der Waals surface area (Å²) in [5, 5.41) is 5.88. The smallest absolute Gasteiger partial charge is 0.256 e. The Morgan fingerprint density at radius 1 is 1.11 bits per heavy atom. The molecule has 1 saturated carbocycles. The van der Waals surface area contributed by atoms with Crippen molar-refractivity contribution in [2.24, 2.45) is 0 Å². The van der Waals surface area contributed by atoms with E-state index >= 15 is 0 Å². The number of nitrogens with one attached hydrogen (secondary N) is 2. The lowest BCUT2D eigenvalue weighted by atomic mass is 9.92. The number of aromatic nitrogens is 1. The second kappa shape index (κ2) is 12.9. The van der Waals surface area contributed by atoms with Crippen molar-refractivity contribution in [2.45, 2.75) is 58.1 Å². The van der Waals surface area contributed by atoms with Gasteiger partial charge in [0.15, 0.2) is 6.29 Å². The summed E-state index contributed by atoms with van der Waals surface area (Å²) in [4.78, 5) is 29.5. The quantitative estimate of drug-likeness (QED) is 0.118. The highest BCUT2D eigenvalue weighted by Crippen LogP contribution is 2.31. The molecule has 8 nitrogen and oxygen atoms in total. The summed E-state index contributed by atoms with van der Waals surface area (Å²) in [6.07, 6.45) is 6.47. The lowest BCUT2D eigenvalue weighted by molar-refractivity contribution is -0.120. The molecule has 0 bridgehead atoms. The van der Waals surface area contributed by atoms with Crippen LogP contribution in [0.2, 0.25) is 0 Å². The minimum atomic E-state index is -0.341. The van der Waals surface area contributed by atoms with Gasteiger partial charge in [0.1, 0.15) is 11.5 Å². The molecule has 38 heavy (non-hydrogen) atoms. The largest absolute Gasteiger partial charge is 0.497 e. The number of hydrogen-bond donors (Lipinski definition) is 2. The van der Waals surface area contributed by atoms with Crippen molar-refractivity contribution in [3.05, 3.63) is 72.1 Å². The van der Waals surface area contributed by atoms with Gasteiger partial charge >= 0.3 is 0 Å². The third kappa shape index (κ3) is 6.62. The average Bonchev–Trinajstić information content (AvgIpc) is 2.94. The maximum atomic E-state index is 13.1. The zero-order valence-corrected chi connectivity index (χ0v) is 22.3. The lowest BCUT2D eigenvalue weighted by Crippen LogP contribution is -2.41. The van der Waals surface area contributed by atoms with E-state index in [1.54, 1.807) is 20.2 Å². The van der Waals surface area contributed by atoms with Crippen LogP contribution in [-0.4, -0.2) is 48.0 Å². The molecular formula is C30H36N4O4. The van der Waals surface area contributed by atoms with E-state index in [0.717, 1.165) is 60.2 Å². The van der Waals surface area contributed by atoms with Crippen molar-refractivity contribution in [3.8, 4) is 11.5 Å². The van der Waals surface area contributed by atoms with E-state index in [1.807, 2.05) is 59.6 Å². The number of allylic oxidation sites excluding steroid dienone is 1. The molecule has 0 unspecified atom stereocenters. The third-order valence-electron chi connectivity index (χ3n) is 6.86. The topological polar surface area (TPSA) is 92.8 Å². The van der Waals surface area contributed by atoms with Gasteiger partial charge in [-0.3, -0.25) is 25.0 Å². The van der Waals surface area contributed by atoms with E-state index in [1.165, 1.54) is 0 Å². The number of benzene rings is 2. The molecule has 2 aromatic carbocycles. The molecule has 1 fully saturated rings. The van der Waals surface area contributed by atoms with Crippen molar-refractivity contribution in [1.82, 2.24) is 15.3 Å². The SMILES string of the molecule is CCCN(Nc1ccccc1)/C(C)=C(\C=O)C(=O)N[C@H]1CC[C@@H](Oc2ccnc3cc(OC)ccc23)CC1. The summed E-state index contributed by atoms with van der Waals surface area (Å²) in [6, 6.07) is 17.4. The Morgan fingerprint density at radius 3 is 2.55 bits per heavy atom. The monoisotopic (exact) mass is 516 g/mol. The molecule has 1 heterocycles. The first-order chi connectivity index (χ1) is 18.5. The Balaban J connectivity index is 1.36. The van der Waals surface area contributed by atoms with Crippen molar-refractivity contribution in [2.75, 3.05) is 19.1 Å². The second-order valence-electron chi connectivity index (χ2n) is 9.50. The normalized spacial score (nSPS) is 17.8. The molecule has 1 aromatic heterocycles. The zero-order valence-electron chi connectivity index (χ0n) is 22.3. The van der Waals surface area contributed by atoms with Crippen LogP contribution < -0.4 is 20.2 Å². The minimum absolute atomic E-state index is 0.00902. The average molecular weight is 517 g/mol. The minimum Gasteiger partial charge on any atom is -0.497 e. The molecule has 0 radical (unpaired) electrons. The maximum absolute atomic E-state index is 13.1. The van der Waals surface area contributed by atoms with Crippen LogP contribution in [0.5, 0.6) is 11.5 Å². The highest BCUT2D eigenvalue weighted by molar-refractivity contribution is 6.11. The Bertz CT molecular complexity index is 1270. The fourth-order valence-electron chi connectivity index (χ4n) is 4.75. The first-order valence-corrected chi connectivity index (χ1v) is 13.2. The molecule has 1 aliphatic carbocycles. The Hall–Kier alpha value is -4.07. The molecule has 0 saturated heterocycles. The number of hydrazine groups is 1. The van der Waals surface area contributed by atoms with Gasteiger partial charge in [-0.1, -0.05) is 25.1 Å². The molecule has 8 heteroatoms. The van der Waals surface area contributed by atoms with Crippen molar-refractivity contribution >= 4 is 28.8 Å². The van der Waals surface area contributed by atoms with Gasteiger partial charge in [0.05, 0.1) is 30.0 Å². The molecule has 2 N–H and O–H groups in total. The van der Waals surface area contributed by atoms with Crippen LogP contribution in [-0.2, 0) is 9.59 Å². The standard InChI is InChI=1S/C30H36N4O4/c1-4-18-34(33-23-8-6-5-7-9-23)21(2)27(20-35)30(36)32-22-10-12-24(13-11-22)38-29-16-17-31-28-19-25(37-3)14-15-26(28)29/h5-9,14-17,19-20,22,24,33H,4,10-13,18H2,1-3H3,(H,32,36)/b27-21+/t22-,24+. The van der Waals surface area contributed by atoms with Crippen LogP contribution in [0.4, 0.5) is 5.69 Å². The number of anilines is 1. The second-order valence-corrected chi connectivity index (χ2v) is 9.50. The van der Waals surface area contributed by atoms with Crippen LogP contribution in [0.3, 0.4) is 0 Å². The summed E-state index contributed by atoms with van der Waals surface area (Å²) in [7, 11) is 1.64. The summed E-state index contributed by atoms with van der Waals surface area (Å²) >= 11 is 0. The number of para-hydroxylation sites is 1. The molecule has 1 amide bonds. The number of nitrogens with zero attached hydrogens (tertiary/aromatic N) is 2. The van der Waals surface area contributed by atoms with E-state index in [2.05, 4.69) is 22.7 Å². The number of hydrogen-bond acceptors (Lipinski definition) is 7. The van der Waals surface area contributed by atoms with Gasteiger partial charge in [0.25, 0.3) is 5.91 Å². The number of amides is 1. The predicted octanol–water partition coefficient (Wildman–Crippen LogP) is 5.26. The molecule has 4 rings (SSSR count). The van der Waals surface area contributed by atoms with E-state index < -0.39 is 0 Å². The summed E-state index contributed by atoms with van der Waals surface area (Å²) in [5.74, 6) is 1.21. The number of carbonyl (C=O) groups is 2. The van der Waals surface area contributed by atoms with Gasteiger partial charge in [0.2, 0.25) is 0 Å². The van der Waals surface area contributed by atoms with Crippen LogP contribution in [0.15, 0.2) is 72.1 Å². The van der Waals surface area contributed by atoms with Crippen LogP contribution in [0.1, 0.15) is 46.0 Å². The van der Waals surface area contributed by atoms with E-state index in [0.29, 0.717) is 18.5 Å². The van der Waals surface area contributed by atoms with Crippen LogP contribution in [0.25, 0.3) is 10.9 Å². The summed E-state index contributed by atoms with van der Waals surface area (Å²) < 4.78 is 11.6. The molecule has 0 atom stereocenters. The predicted molar refractivity (Wildman–Crippen MR) is 149 cm³/mol. The highest BCUT2D eigenvalue weighted by atomic mass is 16.5.